The molecule has 0 radical (unpaired) electrons. The highest BCUT2D eigenvalue weighted by molar-refractivity contribution is 5.78. The Morgan fingerprint density at radius 3 is 2.24 bits per heavy atom. The van der Waals surface area contributed by atoms with Gasteiger partial charge in [-0.3, -0.25) is 4.79 Å². The Hall–Kier alpha value is -0.490. The second kappa shape index (κ2) is 13.7. The third-order valence-electron chi connectivity index (χ3n) is 4.88. The van der Waals surface area contributed by atoms with Crippen molar-refractivity contribution in [2.75, 3.05) is 26.4 Å². The fraction of sp³-hybridized carbons (Fsp3) is 0.950. The number of unbranched alkanes of at least 4 members (excludes halogenated alkanes) is 5. The molecular weight excluding hydrogens is 320 g/mol. The van der Waals surface area contributed by atoms with Gasteiger partial charge < -0.3 is 18.9 Å². The lowest BCUT2D eigenvalue weighted by Crippen LogP contribution is -2.22. The molecule has 1 unspecified atom stereocenters. The molecule has 1 atom stereocenters. The van der Waals surface area contributed by atoms with Crippen LogP contribution in [0.4, 0.5) is 0 Å². The van der Waals surface area contributed by atoms with E-state index in [1.807, 2.05) is 0 Å². The number of ketones is 1. The van der Waals surface area contributed by atoms with Crippen molar-refractivity contribution >= 4 is 5.78 Å². The molecule has 5 heteroatoms. The van der Waals surface area contributed by atoms with Gasteiger partial charge in [-0.25, -0.2) is 0 Å². The molecule has 0 amide bonds. The predicted molar refractivity (Wildman–Crippen MR) is 96.4 cm³/mol. The second-order valence-electron chi connectivity index (χ2n) is 7.14. The van der Waals surface area contributed by atoms with Gasteiger partial charge in [-0.1, -0.05) is 19.3 Å². The summed E-state index contributed by atoms with van der Waals surface area (Å²) in [7, 11) is 0. The van der Waals surface area contributed by atoms with E-state index in [4.69, 9.17) is 18.9 Å². The molecule has 0 spiro atoms. The molecule has 0 N–H and O–H groups in total. The van der Waals surface area contributed by atoms with Crippen LogP contribution in [0.1, 0.15) is 83.5 Å². The van der Waals surface area contributed by atoms with Gasteiger partial charge in [0.25, 0.3) is 0 Å². The minimum atomic E-state index is 0.00403. The van der Waals surface area contributed by atoms with Crippen LogP contribution in [0.25, 0.3) is 0 Å². The number of ether oxygens (including phenoxy) is 4. The number of carbonyl (C=O) groups excluding carboxylic acids is 1. The number of rotatable bonds is 14. The highest BCUT2D eigenvalue weighted by atomic mass is 16.7. The van der Waals surface area contributed by atoms with Crippen LogP contribution >= 0.6 is 0 Å². The van der Waals surface area contributed by atoms with Crippen molar-refractivity contribution in [1.82, 2.24) is 0 Å². The quantitative estimate of drug-likeness (QED) is 0.433. The largest absolute Gasteiger partial charge is 0.353 e. The standard InChI is InChI=1S/C20H36O5/c21-18(11-5-3-6-12-20-24-16-17-25-20)10-4-1-2-8-14-22-19-13-7-9-15-23-19/h19-20H,1-17H2. The summed E-state index contributed by atoms with van der Waals surface area (Å²) in [6, 6.07) is 0. The first-order valence-electron chi connectivity index (χ1n) is 10.3. The van der Waals surface area contributed by atoms with Crippen molar-refractivity contribution in [3.63, 3.8) is 0 Å². The maximum Gasteiger partial charge on any atom is 0.157 e. The Morgan fingerprint density at radius 1 is 0.800 bits per heavy atom. The average molecular weight is 357 g/mol. The van der Waals surface area contributed by atoms with Crippen LogP contribution in [-0.4, -0.2) is 44.8 Å². The van der Waals surface area contributed by atoms with Crippen LogP contribution < -0.4 is 0 Å². The predicted octanol–water partition coefficient (Wildman–Crippen LogP) is 4.37. The van der Waals surface area contributed by atoms with Crippen molar-refractivity contribution < 1.29 is 23.7 Å². The Kier molecular flexibility index (Phi) is 11.4. The molecule has 0 aromatic rings. The van der Waals surface area contributed by atoms with E-state index in [1.165, 1.54) is 6.42 Å². The van der Waals surface area contributed by atoms with Gasteiger partial charge >= 0.3 is 0 Å². The summed E-state index contributed by atoms with van der Waals surface area (Å²) in [6.45, 7) is 3.08. The molecule has 2 aliphatic rings. The third-order valence-corrected chi connectivity index (χ3v) is 4.88. The SMILES string of the molecule is O=C(CCCCCCOC1CCCCO1)CCCCCC1OCCO1. The van der Waals surface area contributed by atoms with Gasteiger partial charge in [0.2, 0.25) is 0 Å². The number of hydrogen-bond acceptors (Lipinski definition) is 5. The van der Waals surface area contributed by atoms with Crippen LogP contribution in [0.2, 0.25) is 0 Å². The van der Waals surface area contributed by atoms with Gasteiger partial charge in [0.1, 0.15) is 5.78 Å². The van der Waals surface area contributed by atoms with Crippen LogP contribution in [0.5, 0.6) is 0 Å². The molecule has 25 heavy (non-hydrogen) atoms. The molecule has 2 rings (SSSR count). The van der Waals surface area contributed by atoms with E-state index in [-0.39, 0.29) is 12.6 Å². The maximum absolute atomic E-state index is 11.9. The minimum absolute atomic E-state index is 0.00403. The summed E-state index contributed by atoms with van der Waals surface area (Å²) >= 11 is 0. The van der Waals surface area contributed by atoms with Crippen molar-refractivity contribution in [1.29, 1.82) is 0 Å². The van der Waals surface area contributed by atoms with Crippen molar-refractivity contribution in [2.45, 2.75) is 96.1 Å². The number of Topliss-reactive ketones (excluding diaryl/α,β-unsaturated/α-hetero) is 1. The van der Waals surface area contributed by atoms with E-state index in [0.29, 0.717) is 5.78 Å². The van der Waals surface area contributed by atoms with Crippen molar-refractivity contribution in [3.8, 4) is 0 Å². The van der Waals surface area contributed by atoms with Crippen LogP contribution in [-0.2, 0) is 23.7 Å². The minimum Gasteiger partial charge on any atom is -0.353 e. The molecule has 5 nitrogen and oxygen atoms in total. The Bertz CT molecular complexity index is 335. The fourth-order valence-corrected chi connectivity index (χ4v) is 3.34. The zero-order valence-electron chi connectivity index (χ0n) is 15.7. The number of hydrogen-bond donors (Lipinski definition) is 0. The van der Waals surface area contributed by atoms with Gasteiger partial charge in [0.15, 0.2) is 12.6 Å². The highest BCUT2D eigenvalue weighted by Crippen LogP contribution is 2.15. The Labute approximate surface area is 152 Å². The normalized spacial score (nSPS) is 21.7. The molecule has 2 fully saturated rings. The van der Waals surface area contributed by atoms with Crippen molar-refractivity contribution in [2.24, 2.45) is 0 Å². The summed E-state index contributed by atoms with van der Waals surface area (Å²) in [5.41, 5.74) is 0. The first kappa shape index (κ1) is 20.8. The summed E-state index contributed by atoms with van der Waals surface area (Å²) in [5, 5.41) is 0. The Balaban J connectivity index is 1.30. The van der Waals surface area contributed by atoms with E-state index in [9.17, 15) is 4.79 Å². The van der Waals surface area contributed by atoms with Crippen LogP contribution in [0, 0.1) is 0 Å². The summed E-state index contributed by atoms with van der Waals surface area (Å²) in [4.78, 5) is 11.9. The molecule has 2 heterocycles. The molecule has 0 aromatic carbocycles. The van der Waals surface area contributed by atoms with Crippen molar-refractivity contribution in [3.05, 3.63) is 0 Å². The van der Waals surface area contributed by atoms with E-state index in [0.717, 1.165) is 103 Å². The first-order valence-corrected chi connectivity index (χ1v) is 10.3. The topological polar surface area (TPSA) is 54.0 Å². The smallest absolute Gasteiger partial charge is 0.157 e. The van der Waals surface area contributed by atoms with E-state index >= 15 is 0 Å². The second-order valence-corrected chi connectivity index (χ2v) is 7.14. The number of carbonyl (C=O) groups is 1. The lowest BCUT2D eigenvalue weighted by atomic mass is 10.0. The maximum atomic E-state index is 11.9. The molecule has 0 bridgehead atoms. The Morgan fingerprint density at radius 2 is 1.52 bits per heavy atom. The van der Waals surface area contributed by atoms with E-state index in [2.05, 4.69) is 0 Å². The monoisotopic (exact) mass is 356 g/mol. The first-order chi connectivity index (χ1) is 12.3. The highest BCUT2D eigenvalue weighted by Gasteiger charge is 2.15. The van der Waals surface area contributed by atoms with Gasteiger partial charge in [-0.15, -0.1) is 0 Å². The molecular formula is C20H36O5. The van der Waals surface area contributed by atoms with Crippen LogP contribution in [0.15, 0.2) is 0 Å². The molecule has 0 aromatic heterocycles. The lowest BCUT2D eigenvalue weighted by molar-refractivity contribution is -0.162. The third kappa shape index (κ3) is 10.3. The average Bonchev–Trinajstić information content (AvgIpc) is 3.15. The van der Waals surface area contributed by atoms with Gasteiger partial charge in [0.05, 0.1) is 13.2 Å². The molecule has 146 valence electrons. The molecule has 0 aliphatic carbocycles. The van der Waals surface area contributed by atoms with E-state index < -0.39 is 0 Å². The van der Waals surface area contributed by atoms with Crippen LogP contribution in [0.3, 0.4) is 0 Å². The fourth-order valence-electron chi connectivity index (χ4n) is 3.34. The zero-order valence-corrected chi connectivity index (χ0v) is 15.7. The zero-order chi connectivity index (χ0) is 17.6. The lowest BCUT2D eigenvalue weighted by Gasteiger charge is -2.22. The van der Waals surface area contributed by atoms with E-state index in [1.54, 1.807) is 0 Å². The van der Waals surface area contributed by atoms with Gasteiger partial charge in [-0.2, -0.15) is 0 Å². The molecule has 0 saturated carbocycles. The summed E-state index contributed by atoms with van der Waals surface area (Å²) in [6.07, 6.45) is 13.4. The van der Waals surface area contributed by atoms with Gasteiger partial charge in [0, 0.05) is 26.1 Å². The molecule has 2 aliphatic heterocycles. The summed E-state index contributed by atoms with van der Waals surface area (Å²) in [5.74, 6) is 0.417. The molecule has 2 saturated heterocycles. The van der Waals surface area contributed by atoms with Gasteiger partial charge in [-0.05, 0) is 51.4 Å². The summed E-state index contributed by atoms with van der Waals surface area (Å²) < 4.78 is 22.1.